The van der Waals surface area contributed by atoms with Crippen molar-refractivity contribution in [3.05, 3.63) is 65.2 Å². The molecule has 31 heavy (non-hydrogen) atoms. The van der Waals surface area contributed by atoms with Crippen molar-refractivity contribution in [2.75, 3.05) is 12.4 Å². The highest BCUT2D eigenvalue weighted by molar-refractivity contribution is 6.09. The number of aryl methyl sites for hydroxylation is 3. The molecule has 0 atom stereocenters. The zero-order valence-corrected chi connectivity index (χ0v) is 18.1. The van der Waals surface area contributed by atoms with Crippen LogP contribution in [0.3, 0.4) is 0 Å². The van der Waals surface area contributed by atoms with E-state index in [1.165, 1.54) is 7.11 Å². The third-order valence-electron chi connectivity index (χ3n) is 5.20. The maximum Gasteiger partial charge on any atom is 0.261 e. The molecule has 1 amide bonds. The van der Waals surface area contributed by atoms with Gasteiger partial charge in [-0.15, -0.1) is 0 Å². The molecule has 0 spiro atoms. The lowest BCUT2D eigenvalue weighted by Crippen LogP contribution is -2.14. The number of hydrogen-bond donors (Lipinski definition) is 1. The van der Waals surface area contributed by atoms with Crippen LogP contribution in [0.25, 0.3) is 22.5 Å². The number of nitrogens with zero attached hydrogens (tertiary/aromatic N) is 4. The smallest absolute Gasteiger partial charge is 0.261 e. The summed E-state index contributed by atoms with van der Waals surface area (Å²) in [6.45, 7) is 5.63. The molecule has 1 aromatic carbocycles. The normalized spacial score (nSPS) is 10.9. The second kappa shape index (κ2) is 8.06. The topological polar surface area (TPSA) is 95.1 Å². The van der Waals surface area contributed by atoms with E-state index in [1.54, 1.807) is 13.0 Å². The van der Waals surface area contributed by atoms with Gasteiger partial charge in [0.2, 0.25) is 5.88 Å². The Labute approximate surface area is 179 Å². The Hall–Kier alpha value is -3.94. The fourth-order valence-electron chi connectivity index (χ4n) is 3.59. The van der Waals surface area contributed by atoms with E-state index in [4.69, 9.17) is 9.26 Å². The zero-order valence-electron chi connectivity index (χ0n) is 18.1. The zero-order chi connectivity index (χ0) is 22.1. The number of pyridine rings is 1. The molecule has 0 aliphatic carbocycles. The molecule has 8 heteroatoms. The van der Waals surface area contributed by atoms with Gasteiger partial charge >= 0.3 is 0 Å². The number of ether oxygens (including phenoxy) is 1. The Balaban J connectivity index is 1.68. The Morgan fingerprint density at radius 1 is 1.10 bits per heavy atom. The molecule has 0 aliphatic heterocycles. The van der Waals surface area contributed by atoms with Crippen molar-refractivity contribution in [1.29, 1.82) is 0 Å². The van der Waals surface area contributed by atoms with Crippen molar-refractivity contribution in [1.82, 2.24) is 19.9 Å². The Kier molecular flexibility index (Phi) is 5.29. The van der Waals surface area contributed by atoms with E-state index in [0.717, 1.165) is 28.2 Å². The molecule has 1 N–H and O–H groups in total. The summed E-state index contributed by atoms with van der Waals surface area (Å²) < 4.78 is 12.6. The molecule has 0 unspecified atom stereocenters. The van der Waals surface area contributed by atoms with Gasteiger partial charge in [-0.1, -0.05) is 35.5 Å². The summed E-state index contributed by atoms with van der Waals surface area (Å²) in [7, 11) is 3.41. The van der Waals surface area contributed by atoms with Crippen LogP contribution < -0.4 is 10.1 Å². The van der Waals surface area contributed by atoms with Crippen LogP contribution in [-0.2, 0) is 7.05 Å². The van der Waals surface area contributed by atoms with Gasteiger partial charge in [-0.3, -0.25) is 9.48 Å². The summed E-state index contributed by atoms with van der Waals surface area (Å²) in [5.41, 5.74) is 5.65. The average Bonchev–Trinajstić information content (AvgIpc) is 3.27. The highest BCUT2D eigenvalue weighted by Gasteiger charge is 2.23. The van der Waals surface area contributed by atoms with E-state index in [0.29, 0.717) is 28.6 Å². The standard InChI is InChI=1S/C23H23N5O3/c1-13-19(14(2)28(4)26-13)17-11-12-18(23(25-17)30-5)24-22(29)20-15(3)31-27-21(20)16-9-7-6-8-10-16/h6-12H,1-5H3,(H,24,29). The predicted octanol–water partition coefficient (Wildman–Crippen LogP) is 4.32. The highest BCUT2D eigenvalue weighted by atomic mass is 16.5. The SMILES string of the molecule is COc1nc(-c2c(C)nn(C)c2C)ccc1NC(=O)c1c(-c2ccccc2)noc1C. The molecular weight excluding hydrogens is 394 g/mol. The van der Waals surface area contributed by atoms with Crippen molar-refractivity contribution >= 4 is 11.6 Å². The van der Waals surface area contributed by atoms with Crippen molar-refractivity contribution in [2.24, 2.45) is 7.05 Å². The first-order valence-corrected chi connectivity index (χ1v) is 9.79. The second-order valence-corrected chi connectivity index (χ2v) is 7.21. The number of methoxy groups -OCH3 is 1. The van der Waals surface area contributed by atoms with Gasteiger partial charge in [0, 0.05) is 23.9 Å². The number of anilines is 1. The van der Waals surface area contributed by atoms with E-state index < -0.39 is 0 Å². The molecule has 0 aliphatic rings. The molecule has 4 aromatic rings. The van der Waals surface area contributed by atoms with Crippen LogP contribution in [0.5, 0.6) is 5.88 Å². The van der Waals surface area contributed by atoms with E-state index in [-0.39, 0.29) is 5.91 Å². The number of amides is 1. The number of benzene rings is 1. The van der Waals surface area contributed by atoms with Crippen LogP contribution in [0.4, 0.5) is 5.69 Å². The summed E-state index contributed by atoms with van der Waals surface area (Å²) in [5, 5.41) is 11.4. The maximum atomic E-state index is 13.1. The molecule has 4 rings (SSSR count). The fourth-order valence-corrected chi connectivity index (χ4v) is 3.59. The Morgan fingerprint density at radius 3 is 2.48 bits per heavy atom. The van der Waals surface area contributed by atoms with E-state index in [1.807, 2.05) is 62.0 Å². The largest absolute Gasteiger partial charge is 0.479 e. The number of carbonyl (C=O) groups excluding carboxylic acids is 1. The van der Waals surface area contributed by atoms with Crippen molar-refractivity contribution in [3.8, 4) is 28.4 Å². The first-order valence-electron chi connectivity index (χ1n) is 9.79. The maximum absolute atomic E-state index is 13.1. The van der Waals surface area contributed by atoms with Crippen molar-refractivity contribution in [2.45, 2.75) is 20.8 Å². The van der Waals surface area contributed by atoms with Gasteiger partial charge in [0.25, 0.3) is 5.91 Å². The van der Waals surface area contributed by atoms with E-state index in [9.17, 15) is 4.79 Å². The van der Waals surface area contributed by atoms with E-state index in [2.05, 4.69) is 20.6 Å². The molecule has 0 fully saturated rings. The molecule has 8 nitrogen and oxygen atoms in total. The first kappa shape index (κ1) is 20.3. The molecule has 0 radical (unpaired) electrons. The predicted molar refractivity (Wildman–Crippen MR) is 117 cm³/mol. The number of nitrogens with one attached hydrogen (secondary N) is 1. The Morgan fingerprint density at radius 2 is 1.84 bits per heavy atom. The third kappa shape index (κ3) is 3.68. The molecule has 0 saturated heterocycles. The van der Waals surface area contributed by atoms with Gasteiger partial charge in [0.15, 0.2) is 0 Å². The van der Waals surface area contributed by atoms with Crippen molar-refractivity contribution < 1.29 is 14.1 Å². The van der Waals surface area contributed by atoms with Crippen LogP contribution >= 0.6 is 0 Å². The van der Waals surface area contributed by atoms with Crippen molar-refractivity contribution in [3.63, 3.8) is 0 Å². The Bertz CT molecular complexity index is 1260. The lowest BCUT2D eigenvalue weighted by atomic mass is 10.1. The van der Waals surface area contributed by atoms with E-state index >= 15 is 0 Å². The van der Waals surface area contributed by atoms with Crippen LogP contribution in [0.1, 0.15) is 27.5 Å². The van der Waals surface area contributed by atoms with Gasteiger partial charge in [0.1, 0.15) is 22.7 Å². The van der Waals surface area contributed by atoms with Gasteiger partial charge in [-0.25, -0.2) is 4.98 Å². The summed E-state index contributed by atoms with van der Waals surface area (Å²) in [5.74, 6) is 0.393. The minimum atomic E-state index is -0.348. The number of aromatic nitrogens is 4. The third-order valence-corrected chi connectivity index (χ3v) is 5.20. The van der Waals surface area contributed by atoms with Crippen LogP contribution in [0.2, 0.25) is 0 Å². The highest BCUT2D eigenvalue weighted by Crippen LogP contribution is 2.32. The van der Waals surface area contributed by atoms with Crippen LogP contribution in [-0.4, -0.2) is 32.9 Å². The lowest BCUT2D eigenvalue weighted by molar-refractivity contribution is 0.102. The fraction of sp³-hybridized carbons (Fsp3) is 0.217. The van der Waals surface area contributed by atoms with Gasteiger partial charge < -0.3 is 14.6 Å². The average molecular weight is 417 g/mol. The van der Waals surface area contributed by atoms with Crippen LogP contribution in [0, 0.1) is 20.8 Å². The molecule has 158 valence electrons. The number of carbonyl (C=O) groups is 1. The second-order valence-electron chi connectivity index (χ2n) is 7.21. The van der Waals surface area contributed by atoms with Gasteiger partial charge in [-0.2, -0.15) is 5.10 Å². The summed E-state index contributed by atoms with van der Waals surface area (Å²) >= 11 is 0. The minimum absolute atomic E-state index is 0.309. The minimum Gasteiger partial charge on any atom is -0.479 e. The summed E-state index contributed by atoms with van der Waals surface area (Å²) in [6.07, 6.45) is 0. The first-order chi connectivity index (χ1) is 14.9. The quantitative estimate of drug-likeness (QED) is 0.520. The molecule has 3 aromatic heterocycles. The molecule has 3 heterocycles. The number of rotatable bonds is 5. The van der Waals surface area contributed by atoms with Crippen LogP contribution in [0.15, 0.2) is 47.0 Å². The monoisotopic (exact) mass is 417 g/mol. The van der Waals surface area contributed by atoms with Gasteiger partial charge in [-0.05, 0) is 32.9 Å². The molecule has 0 bridgehead atoms. The molecule has 0 saturated carbocycles. The summed E-state index contributed by atoms with van der Waals surface area (Å²) in [4.78, 5) is 17.7. The summed E-state index contributed by atoms with van der Waals surface area (Å²) in [6, 6.07) is 13.0. The lowest BCUT2D eigenvalue weighted by Gasteiger charge is -2.11. The van der Waals surface area contributed by atoms with Gasteiger partial charge in [0.05, 0.1) is 18.5 Å². The number of hydrogen-bond acceptors (Lipinski definition) is 6. The molecular formula is C23H23N5O3.